The second kappa shape index (κ2) is 42.3. The van der Waals surface area contributed by atoms with Gasteiger partial charge in [-0.05, 0) is 100 Å². The highest BCUT2D eigenvalue weighted by molar-refractivity contribution is 7.96. The monoisotopic (exact) mass is 1470 g/mol. The summed E-state index contributed by atoms with van der Waals surface area (Å²) in [5, 5.41) is 29.6. The van der Waals surface area contributed by atoms with Crippen molar-refractivity contribution in [3.05, 3.63) is 108 Å². The molecule has 0 unspecified atom stereocenters. The molecule has 3 aromatic rings. The molecule has 0 bridgehead atoms. The van der Waals surface area contributed by atoms with Gasteiger partial charge in [-0.2, -0.15) is 0 Å². The summed E-state index contributed by atoms with van der Waals surface area (Å²) in [7, 11) is 8.48. The zero-order valence-corrected chi connectivity index (χ0v) is 64.7. The van der Waals surface area contributed by atoms with Crippen molar-refractivity contribution < 1.29 is 67.4 Å². The molecule has 574 valence electrons. The summed E-state index contributed by atoms with van der Waals surface area (Å²) in [6.07, 6.45) is 0.447. The zero-order valence-electron chi connectivity index (χ0n) is 63.8. The lowest BCUT2D eigenvalue weighted by Gasteiger charge is -2.37. The molecule has 1 saturated heterocycles. The van der Waals surface area contributed by atoms with Crippen molar-refractivity contribution in [3.8, 4) is 0 Å². The fraction of sp³-hybridized carbons (Fsp3) is 0.592. The highest BCUT2D eigenvalue weighted by atomic mass is 32.1. The van der Waals surface area contributed by atoms with Gasteiger partial charge < -0.3 is 71.7 Å². The molecule has 3 aromatic carbocycles. The van der Waals surface area contributed by atoms with Crippen molar-refractivity contribution in [2.45, 2.75) is 207 Å². The molecule has 0 saturated carbocycles. The summed E-state index contributed by atoms with van der Waals surface area (Å²) < 4.78 is 0. The molecule has 1 fully saturated rings. The Morgan fingerprint density at radius 2 is 0.885 bits per heavy atom. The molecule has 4 rings (SSSR count). The van der Waals surface area contributed by atoms with Gasteiger partial charge in [0, 0.05) is 74.0 Å². The molecule has 0 radical (unpaired) electrons. The van der Waals surface area contributed by atoms with Gasteiger partial charge in [-0.15, -0.1) is 12.6 Å². The van der Waals surface area contributed by atoms with E-state index in [2.05, 4.69) is 49.8 Å². The molecule has 0 spiro atoms. The molecule has 1 aliphatic rings. The highest BCUT2D eigenvalue weighted by Crippen LogP contribution is 2.22. The number of nitrogens with one attached hydrogen (secondary N) is 7. The first-order valence-electron chi connectivity index (χ1n) is 36.0. The molecule has 12 atom stereocenters. The number of amides is 12. The minimum absolute atomic E-state index is 0.00784. The lowest BCUT2D eigenvalue weighted by Crippen LogP contribution is -2.62. The van der Waals surface area contributed by atoms with Gasteiger partial charge in [0.05, 0.1) is 18.7 Å². The second-order valence-electron chi connectivity index (χ2n) is 28.9. The van der Waals surface area contributed by atoms with Gasteiger partial charge in [-0.25, -0.2) is 0 Å². The van der Waals surface area contributed by atoms with Gasteiger partial charge in [-0.1, -0.05) is 146 Å². The standard InChI is InChI=1S/C76H115N13O14S/c1-45(2)38-57(86(15)75(102)63(47(5)6)82-66(93)49(9)77-12)70(97)83-64(51(11)90)76(103)87(16)58(41-53-32-24-19-25-33-53)68(95)78-44-61(91)84(13)60(39-46(3)4)74(101)88(17)65(48(7)8)71(98)80-55(40-52-30-22-18-23-31-52)67(94)81-56(43-62(92)104)73(100)85(14)59(42-54-34-26-20-27-35-54)69(96)79-50(10)72(99)89-36-28-21-29-37-89/h18-20,22-27,30-35,45-51,55-60,63-65,77,90H,21,28-29,36-44H2,1-17H3,(H,78,95)(H,79,96)(H,80,98)(H,81,94)(H,82,93)(H,83,97)(H,92,104)/t49-,50-,51+,55-,56-,57-,58-,59-,60-,63-,64-,65-/m0/s1. The summed E-state index contributed by atoms with van der Waals surface area (Å²) in [6, 6.07) is 12.6. The summed E-state index contributed by atoms with van der Waals surface area (Å²) in [5.41, 5.74) is 1.87. The average molecular weight is 1470 g/mol. The quantitative estimate of drug-likeness (QED) is 0.0371. The second-order valence-corrected chi connectivity index (χ2v) is 29.4. The van der Waals surface area contributed by atoms with Gasteiger partial charge in [0.2, 0.25) is 70.9 Å². The fourth-order valence-corrected chi connectivity index (χ4v) is 12.7. The van der Waals surface area contributed by atoms with Crippen LogP contribution in [-0.4, -0.2) is 245 Å². The summed E-state index contributed by atoms with van der Waals surface area (Å²) in [4.78, 5) is 193. The first kappa shape index (κ1) is 87.6. The maximum absolute atomic E-state index is 15.1. The molecule has 104 heavy (non-hydrogen) atoms. The molecule has 12 amide bonds. The van der Waals surface area contributed by atoms with Gasteiger partial charge in [0.15, 0.2) is 5.12 Å². The van der Waals surface area contributed by atoms with E-state index in [0.29, 0.717) is 29.8 Å². The number of rotatable bonds is 39. The van der Waals surface area contributed by atoms with E-state index in [1.54, 1.807) is 144 Å². The summed E-state index contributed by atoms with van der Waals surface area (Å²) >= 11 is 3.99. The Bertz CT molecular complexity index is 3380. The number of benzene rings is 3. The lowest BCUT2D eigenvalue weighted by atomic mass is 9.96. The normalized spacial score (nSPS) is 15.7. The van der Waals surface area contributed by atoms with Crippen LogP contribution in [0.15, 0.2) is 91.0 Å². The van der Waals surface area contributed by atoms with Crippen molar-refractivity contribution in [2.24, 2.45) is 23.7 Å². The summed E-state index contributed by atoms with van der Waals surface area (Å²) in [6.45, 7) is 19.1. The van der Waals surface area contributed by atoms with Crippen molar-refractivity contribution in [1.29, 1.82) is 0 Å². The average Bonchev–Trinajstić information content (AvgIpc) is 0.825. The van der Waals surface area contributed by atoms with Gasteiger partial charge >= 0.3 is 0 Å². The van der Waals surface area contributed by atoms with E-state index >= 15 is 4.79 Å². The first-order chi connectivity index (χ1) is 48.9. The van der Waals surface area contributed by atoms with Crippen molar-refractivity contribution in [2.75, 3.05) is 61.9 Å². The third-order valence-corrected chi connectivity index (χ3v) is 19.1. The maximum Gasteiger partial charge on any atom is 0.248 e. The van der Waals surface area contributed by atoms with Crippen LogP contribution in [0.2, 0.25) is 0 Å². The first-order valence-corrected chi connectivity index (χ1v) is 36.5. The maximum atomic E-state index is 15.1. The minimum atomic E-state index is -1.65. The number of aliphatic hydroxyl groups is 1. The fourth-order valence-electron chi connectivity index (χ4n) is 12.6. The molecule has 1 heterocycles. The van der Waals surface area contributed by atoms with Crippen LogP contribution in [0.25, 0.3) is 0 Å². The van der Waals surface area contributed by atoms with Crippen LogP contribution in [0.1, 0.15) is 131 Å². The Morgan fingerprint density at radius 3 is 1.36 bits per heavy atom. The SMILES string of the molecule is CN[C@@H](C)C(=O)N[C@H](C(=O)N(C)[C@@H](CC(C)C)C(=O)N[C@H](C(=O)N(C)[C@@H](Cc1ccccc1)C(=O)NCC(=O)N(C)[C@@H](CC(C)C)C(=O)N(C)[C@H](C(=O)N[C@@H](Cc1ccccc1)C(=O)N[C@@H](CC(=O)S)C(=O)N(C)[C@@H](Cc1ccccc1)C(=O)N[C@@H](C)C(=O)N1CCCCC1)C(C)C)[C@@H](C)O)C(C)C. The number of likely N-dealkylation sites (N-methyl/N-ethyl adjacent to an activating group) is 6. The number of aliphatic hydroxyl groups excluding tert-OH is 1. The Morgan fingerprint density at radius 1 is 0.442 bits per heavy atom. The summed E-state index contributed by atoms with van der Waals surface area (Å²) in [5.74, 6) is -9.71. The van der Waals surface area contributed by atoms with Crippen LogP contribution in [0.5, 0.6) is 0 Å². The Balaban J connectivity index is 1.61. The molecule has 27 nitrogen and oxygen atoms in total. The predicted octanol–water partition coefficient (Wildman–Crippen LogP) is 2.66. The highest BCUT2D eigenvalue weighted by Gasteiger charge is 2.43. The predicted molar refractivity (Wildman–Crippen MR) is 399 cm³/mol. The molecular formula is C76H115N13O14S. The minimum Gasteiger partial charge on any atom is -0.391 e. The number of carbonyl (C=O) groups is 13. The third-order valence-electron chi connectivity index (χ3n) is 18.9. The van der Waals surface area contributed by atoms with Crippen molar-refractivity contribution >= 4 is 88.6 Å². The Kier molecular flexibility index (Phi) is 35.6. The number of carbonyl (C=O) groups excluding carboxylic acids is 13. The van der Waals surface area contributed by atoms with E-state index in [1.807, 2.05) is 27.7 Å². The molecule has 1 aliphatic heterocycles. The van der Waals surface area contributed by atoms with Gasteiger partial charge in [0.25, 0.3) is 0 Å². The van der Waals surface area contributed by atoms with Crippen LogP contribution in [0, 0.1) is 23.7 Å². The molecular weight excluding hydrogens is 1350 g/mol. The van der Waals surface area contributed by atoms with Crippen molar-refractivity contribution in [1.82, 2.24) is 66.6 Å². The van der Waals surface area contributed by atoms with Crippen molar-refractivity contribution in [3.63, 3.8) is 0 Å². The molecule has 28 heteroatoms. The number of thiol groups is 1. The largest absolute Gasteiger partial charge is 0.391 e. The lowest BCUT2D eigenvalue weighted by molar-refractivity contribution is -0.150. The number of hydrogen-bond acceptors (Lipinski definition) is 15. The molecule has 8 N–H and O–H groups in total. The Hall–Kier alpha value is -8.76. The number of likely N-dealkylation sites (tertiary alicyclic amines) is 1. The zero-order chi connectivity index (χ0) is 78.0. The number of hydrogen-bond donors (Lipinski definition) is 9. The van der Waals surface area contributed by atoms with Crippen LogP contribution in [0.4, 0.5) is 0 Å². The Labute approximate surface area is 619 Å². The van der Waals surface area contributed by atoms with Crippen LogP contribution in [0.3, 0.4) is 0 Å². The third kappa shape index (κ3) is 26.1. The van der Waals surface area contributed by atoms with Gasteiger partial charge in [0.1, 0.15) is 60.4 Å². The number of piperidine rings is 1. The topological polar surface area (TPSA) is 346 Å². The van der Waals surface area contributed by atoms with Crippen LogP contribution < -0.4 is 37.2 Å². The van der Waals surface area contributed by atoms with E-state index in [9.17, 15) is 62.6 Å². The van der Waals surface area contributed by atoms with E-state index in [-0.39, 0.29) is 55.8 Å². The van der Waals surface area contributed by atoms with Gasteiger partial charge in [-0.3, -0.25) is 62.3 Å². The molecule has 0 aliphatic carbocycles. The van der Waals surface area contributed by atoms with E-state index in [4.69, 9.17) is 0 Å². The molecule has 0 aromatic heterocycles. The van der Waals surface area contributed by atoms with Crippen LogP contribution in [-0.2, 0) is 81.6 Å². The smallest absolute Gasteiger partial charge is 0.248 e. The van der Waals surface area contributed by atoms with E-state index in [0.717, 1.165) is 34.0 Å². The van der Waals surface area contributed by atoms with E-state index in [1.165, 1.54) is 52.0 Å². The van der Waals surface area contributed by atoms with E-state index < -0.39 is 162 Å². The van der Waals surface area contributed by atoms with Crippen LogP contribution >= 0.6 is 12.6 Å². The number of nitrogens with zero attached hydrogens (tertiary/aromatic N) is 6.